The molecule has 0 aliphatic rings. The molecule has 0 spiro atoms. The Morgan fingerprint density at radius 3 is 2.67 bits per heavy atom. The molecule has 0 atom stereocenters. The number of aromatic nitrogens is 1. The molecule has 1 rings (SSSR count). The van der Waals surface area contributed by atoms with Crippen LogP contribution in [-0.2, 0) is 0 Å². The second-order valence-corrected chi connectivity index (χ2v) is 4.19. The number of carbonyl (C=O) groups excluding carboxylic acids is 1. The number of amides is 1. The van der Waals surface area contributed by atoms with Gasteiger partial charge in [0.05, 0.1) is 5.60 Å². The predicted molar refractivity (Wildman–Crippen MR) is 57.5 cm³/mol. The molecule has 0 bridgehead atoms. The van der Waals surface area contributed by atoms with Crippen molar-refractivity contribution in [1.82, 2.24) is 9.88 Å². The Kier molecular flexibility index (Phi) is 3.42. The minimum Gasteiger partial charge on any atom is -0.389 e. The predicted octanol–water partition coefficient (Wildman–Crippen LogP) is 0.925. The molecule has 1 N–H and O–H groups in total. The lowest BCUT2D eigenvalue weighted by atomic mass is 10.1. The van der Waals surface area contributed by atoms with Gasteiger partial charge in [-0.1, -0.05) is 6.07 Å². The van der Waals surface area contributed by atoms with E-state index in [0.29, 0.717) is 5.69 Å². The summed E-state index contributed by atoms with van der Waals surface area (Å²) in [6, 6.07) is 5.17. The molecule has 0 saturated carbocycles. The third-order valence-electron chi connectivity index (χ3n) is 1.85. The fourth-order valence-electron chi connectivity index (χ4n) is 1.34. The molecule has 1 heterocycles. The monoisotopic (exact) mass is 208 g/mol. The highest BCUT2D eigenvalue weighted by Crippen LogP contribution is 2.06. The van der Waals surface area contributed by atoms with E-state index in [1.165, 1.54) is 4.90 Å². The van der Waals surface area contributed by atoms with Gasteiger partial charge in [0.15, 0.2) is 0 Å². The fraction of sp³-hybridized carbons (Fsp3) is 0.455. The summed E-state index contributed by atoms with van der Waals surface area (Å²) in [5, 5.41) is 9.57. The van der Waals surface area contributed by atoms with Crippen molar-refractivity contribution >= 4 is 5.91 Å². The van der Waals surface area contributed by atoms with Gasteiger partial charge in [-0.05, 0) is 26.0 Å². The third-order valence-corrected chi connectivity index (χ3v) is 1.85. The summed E-state index contributed by atoms with van der Waals surface area (Å²) < 4.78 is 0. The van der Waals surface area contributed by atoms with Crippen LogP contribution >= 0.6 is 0 Å². The fourth-order valence-corrected chi connectivity index (χ4v) is 1.34. The lowest BCUT2D eigenvalue weighted by Crippen LogP contribution is -2.39. The smallest absolute Gasteiger partial charge is 0.272 e. The van der Waals surface area contributed by atoms with Gasteiger partial charge in [0.25, 0.3) is 5.91 Å². The van der Waals surface area contributed by atoms with Crippen LogP contribution in [-0.4, -0.2) is 40.1 Å². The quantitative estimate of drug-likeness (QED) is 0.803. The van der Waals surface area contributed by atoms with Crippen LogP contribution in [0.25, 0.3) is 0 Å². The number of hydrogen-bond donors (Lipinski definition) is 1. The molecule has 0 aromatic carbocycles. The van der Waals surface area contributed by atoms with Gasteiger partial charge >= 0.3 is 0 Å². The van der Waals surface area contributed by atoms with Crippen LogP contribution in [0, 0.1) is 0 Å². The molecular formula is C11H16N2O2. The summed E-state index contributed by atoms with van der Waals surface area (Å²) >= 11 is 0. The van der Waals surface area contributed by atoms with Crippen molar-refractivity contribution in [1.29, 1.82) is 0 Å². The Hall–Kier alpha value is -1.42. The summed E-state index contributed by atoms with van der Waals surface area (Å²) in [5.74, 6) is -0.183. The molecule has 1 aromatic rings. The van der Waals surface area contributed by atoms with Crippen molar-refractivity contribution in [2.24, 2.45) is 0 Å². The topological polar surface area (TPSA) is 53.4 Å². The maximum absolute atomic E-state index is 11.8. The lowest BCUT2D eigenvalue weighted by molar-refractivity contribution is 0.0365. The van der Waals surface area contributed by atoms with E-state index < -0.39 is 5.60 Å². The molecule has 15 heavy (non-hydrogen) atoms. The van der Waals surface area contributed by atoms with Crippen molar-refractivity contribution in [2.75, 3.05) is 13.6 Å². The summed E-state index contributed by atoms with van der Waals surface area (Å²) in [6.45, 7) is 3.60. The number of hydrogen-bond acceptors (Lipinski definition) is 3. The van der Waals surface area contributed by atoms with Gasteiger partial charge in [-0.3, -0.25) is 9.78 Å². The number of rotatable bonds is 3. The average Bonchev–Trinajstić information content (AvgIpc) is 2.15. The maximum Gasteiger partial charge on any atom is 0.272 e. The number of pyridine rings is 1. The van der Waals surface area contributed by atoms with Crippen LogP contribution in [0.2, 0.25) is 0 Å². The molecule has 0 aliphatic heterocycles. The van der Waals surface area contributed by atoms with Crippen molar-refractivity contribution in [3.63, 3.8) is 0 Å². The van der Waals surface area contributed by atoms with E-state index in [1.807, 2.05) is 0 Å². The summed E-state index contributed by atoms with van der Waals surface area (Å²) in [4.78, 5) is 17.2. The van der Waals surface area contributed by atoms with E-state index in [9.17, 15) is 9.90 Å². The Labute approximate surface area is 89.6 Å². The molecule has 0 radical (unpaired) electrons. The van der Waals surface area contributed by atoms with Crippen molar-refractivity contribution in [2.45, 2.75) is 19.4 Å². The van der Waals surface area contributed by atoms with Crippen LogP contribution < -0.4 is 0 Å². The zero-order valence-corrected chi connectivity index (χ0v) is 9.27. The van der Waals surface area contributed by atoms with Crippen molar-refractivity contribution in [3.8, 4) is 0 Å². The number of nitrogens with zero attached hydrogens (tertiary/aromatic N) is 2. The van der Waals surface area contributed by atoms with Crippen molar-refractivity contribution < 1.29 is 9.90 Å². The molecule has 0 saturated heterocycles. The van der Waals surface area contributed by atoms with Gasteiger partial charge in [0, 0.05) is 19.8 Å². The molecule has 0 fully saturated rings. The van der Waals surface area contributed by atoms with E-state index in [1.54, 1.807) is 45.3 Å². The molecule has 1 amide bonds. The highest BCUT2D eigenvalue weighted by Gasteiger charge is 2.20. The average molecular weight is 208 g/mol. The lowest BCUT2D eigenvalue weighted by Gasteiger charge is -2.25. The Morgan fingerprint density at radius 1 is 1.53 bits per heavy atom. The molecule has 4 heteroatoms. The molecule has 0 aliphatic carbocycles. The SMILES string of the molecule is CN(CC(C)(C)O)C(=O)c1ccccn1. The highest BCUT2D eigenvalue weighted by molar-refractivity contribution is 5.92. The molecule has 82 valence electrons. The van der Waals surface area contributed by atoms with Gasteiger partial charge in [-0.2, -0.15) is 0 Å². The van der Waals surface area contributed by atoms with E-state index in [0.717, 1.165) is 0 Å². The third kappa shape index (κ3) is 3.67. The van der Waals surface area contributed by atoms with E-state index in [4.69, 9.17) is 0 Å². The zero-order valence-electron chi connectivity index (χ0n) is 9.27. The summed E-state index contributed by atoms with van der Waals surface area (Å²) in [7, 11) is 1.65. The van der Waals surface area contributed by atoms with Gasteiger partial charge in [0.1, 0.15) is 5.69 Å². The molecule has 1 aromatic heterocycles. The number of aliphatic hydroxyl groups is 1. The second kappa shape index (κ2) is 4.40. The van der Waals surface area contributed by atoms with Crippen molar-refractivity contribution in [3.05, 3.63) is 30.1 Å². The maximum atomic E-state index is 11.8. The first-order chi connectivity index (χ1) is 6.90. The summed E-state index contributed by atoms with van der Waals surface area (Å²) in [5.41, 5.74) is -0.497. The largest absolute Gasteiger partial charge is 0.389 e. The van der Waals surface area contributed by atoms with Crippen LogP contribution in [0.3, 0.4) is 0 Å². The van der Waals surface area contributed by atoms with E-state index in [-0.39, 0.29) is 12.5 Å². The van der Waals surface area contributed by atoms with Crippen LogP contribution in [0.4, 0.5) is 0 Å². The Morgan fingerprint density at radius 2 is 2.20 bits per heavy atom. The van der Waals surface area contributed by atoms with Crippen LogP contribution in [0.1, 0.15) is 24.3 Å². The van der Waals surface area contributed by atoms with Gasteiger partial charge in [-0.15, -0.1) is 0 Å². The van der Waals surface area contributed by atoms with E-state index in [2.05, 4.69) is 4.98 Å². The van der Waals surface area contributed by atoms with E-state index >= 15 is 0 Å². The van der Waals surface area contributed by atoms with Crippen LogP contribution in [0.5, 0.6) is 0 Å². The van der Waals surface area contributed by atoms with Gasteiger partial charge in [-0.25, -0.2) is 0 Å². The number of likely N-dealkylation sites (N-methyl/N-ethyl adjacent to an activating group) is 1. The first-order valence-electron chi connectivity index (χ1n) is 4.79. The minimum absolute atomic E-state index is 0.183. The van der Waals surface area contributed by atoms with Crippen LogP contribution in [0.15, 0.2) is 24.4 Å². The first-order valence-corrected chi connectivity index (χ1v) is 4.79. The Bertz CT molecular complexity index is 330. The Balaban J connectivity index is 2.70. The minimum atomic E-state index is -0.890. The molecule has 0 unspecified atom stereocenters. The zero-order chi connectivity index (χ0) is 11.5. The number of carbonyl (C=O) groups is 1. The molecular weight excluding hydrogens is 192 g/mol. The van der Waals surface area contributed by atoms with Gasteiger partial charge in [0.2, 0.25) is 0 Å². The standard InChI is InChI=1S/C11H16N2O2/c1-11(2,15)8-13(3)10(14)9-6-4-5-7-12-9/h4-7,15H,8H2,1-3H3. The first kappa shape index (κ1) is 11.7. The normalized spacial score (nSPS) is 11.2. The summed E-state index contributed by atoms with van der Waals surface area (Å²) in [6.07, 6.45) is 1.57. The highest BCUT2D eigenvalue weighted by atomic mass is 16.3. The molecule has 4 nitrogen and oxygen atoms in total. The second-order valence-electron chi connectivity index (χ2n) is 4.19. The van der Waals surface area contributed by atoms with Gasteiger partial charge < -0.3 is 10.0 Å².